The van der Waals surface area contributed by atoms with Crippen molar-refractivity contribution in [2.45, 2.75) is 65.0 Å². The Balaban J connectivity index is 1.84. The van der Waals surface area contributed by atoms with Crippen LogP contribution in [0.1, 0.15) is 56.5 Å². The van der Waals surface area contributed by atoms with E-state index in [1.54, 1.807) is 35.5 Å². The topological polar surface area (TPSA) is 130 Å². The molecule has 0 radical (unpaired) electrons. The standard InChI is InChI=1S/C31H34Cl2F6N4O6S2/c1-3-40-26-18-22(32)20(30(34,35)36)16-24(26)42(12-5-7-14-50(44,45)46)28(40)10-9-11-29-41(4-2)27-19-23(33)21(31(37,38)39)17-25(27)43(29)13-6-8-15-51(47,48)49/h9-11,16-19H,3-8,12-15H2,1-2H3,(H-,44,45,46,47,48,49)/p-1. The number of fused-ring (bicyclic) bond motifs is 2. The summed E-state index contributed by atoms with van der Waals surface area (Å²) in [5, 5.41) is -1.08. The van der Waals surface area contributed by atoms with Gasteiger partial charge in [0.2, 0.25) is 0 Å². The maximum atomic E-state index is 13.9. The highest BCUT2D eigenvalue weighted by Crippen LogP contribution is 2.48. The largest absolute Gasteiger partial charge is 0.748 e. The zero-order valence-electron chi connectivity index (χ0n) is 27.2. The maximum Gasteiger partial charge on any atom is 0.418 e. The Morgan fingerprint density at radius 2 is 1.31 bits per heavy atom. The molecule has 0 saturated carbocycles. The van der Waals surface area contributed by atoms with Crippen LogP contribution in [0.5, 0.6) is 0 Å². The summed E-state index contributed by atoms with van der Waals surface area (Å²) < 4.78 is 153. The summed E-state index contributed by atoms with van der Waals surface area (Å²) in [5.41, 5.74) is -1.22. The van der Waals surface area contributed by atoms with Crippen LogP contribution in [0.4, 0.5) is 37.7 Å². The molecule has 0 unspecified atom stereocenters. The average Bonchev–Trinajstić information content (AvgIpc) is 3.44. The van der Waals surface area contributed by atoms with Gasteiger partial charge in [-0.1, -0.05) is 29.3 Å². The molecule has 282 valence electrons. The molecule has 1 aliphatic heterocycles. The minimum atomic E-state index is -4.79. The number of alkyl halides is 6. The van der Waals surface area contributed by atoms with Gasteiger partial charge in [0.15, 0.2) is 11.0 Å². The monoisotopic (exact) mass is 805 g/mol. The quantitative estimate of drug-likeness (QED) is 0.0728. The van der Waals surface area contributed by atoms with E-state index in [1.165, 1.54) is 27.7 Å². The van der Waals surface area contributed by atoms with E-state index in [0.29, 0.717) is 22.8 Å². The van der Waals surface area contributed by atoms with Crippen LogP contribution < -0.4 is 14.4 Å². The van der Waals surface area contributed by atoms with Crippen molar-refractivity contribution in [3.63, 3.8) is 0 Å². The molecule has 0 aliphatic carbocycles. The summed E-state index contributed by atoms with van der Waals surface area (Å²) in [6.45, 7) is 4.05. The predicted molar refractivity (Wildman–Crippen MR) is 179 cm³/mol. The zero-order valence-corrected chi connectivity index (χ0v) is 30.3. The Labute approximate surface area is 301 Å². The van der Waals surface area contributed by atoms with Gasteiger partial charge in [0.1, 0.15) is 5.82 Å². The lowest BCUT2D eigenvalue weighted by Crippen LogP contribution is -2.37. The number of hydrogen-bond acceptors (Lipinski definition) is 8. The van der Waals surface area contributed by atoms with E-state index in [0.717, 1.165) is 12.1 Å². The van der Waals surface area contributed by atoms with Gasteiger partial charge in [-0.25, -0.2) is 26.0 Å². The SMILES string of the molecule is CCN1C(=CC=Cc2n(CC)c3cc(Cl)c(C(F)(F)F)cc3[n+]2CCCCS(=O)(=O)[O-])N(CCCCS(=O)(=O)[O-])c2cc(C(F)(F)F)c(Cl)cc21. The lowest BCUT2D eigenvalue weighted by molar-refractivity contribution is -0.674. The second kappa shape index (κ2) is 15.5. The third-order valence-corrected chi connectivity index (χ3v) is 10.4. The number of imidazole rings is 1. The first-order valence-corrected chi connectivity index (χ1v) is 19.5. The molecule has 1 aromatic heterocycles. The van der Waals surface area contributed by atoms with Gasteiger partial charge in [0.05, 0.1) is 65.9 Å². The highest BCUT2D eigenvalue weighted by atomic mass is 35.5. The van der Waals surface area contributed by atoms with Crippen LogP contribution in [0.3, 0.4) is 0 Å². The lowest BCUT2D eigenvalue weighted by Gasteiger charge is -2.24. The Morgan fingerprint density at radius 3 is 1.86 bits per heavy atom. The van der Waals surface area contributed by atoms with E-state index in [4.69, 9.17) is 23.2 Å². The number of halogens is 8. The van der Waals surface area contributed by atoms with Crippen LogP contribution in [0.2, 0.25) is 10.0 Å². The van der Waals surface area contributed by atoms with Crippen LogP contribution in [0.25, 0.3) is 17.1 Å². The second-order valence-electron chi connectivity index (χ2n) is 11.6. The second-order valence-corrected chi connectivity index (χ2v) is 15.5. The summed E-state index contributed by atoms with van der Waals surface area (Å²) in [6, 6.07) is 4.14. The van der Waals surface area contributed by atoms with E-state index >= 15 is 0 Å². The molecule has 2 aromatic carbocycles. The molecule has 2 heterocycles. The van der Waals surface area contributed by atoms with Crippen molar-refractivity contribution in [3.05, 3.63) is 69.2 Å². The highest BCUT2D eigenvalue weighted by Gasteiger charge is 2.39. The molecule has 1 aliphatic rings. The summed E-state index contributed by atoms with van der Waals surface area (Å²) in [6.07, 6.45) is -4.78. The van der Waals surface area contributed by atoms with Gasteiger partial charge >= 0.3 is 12.4 Å². The Bertz CT molecular complexity index is 2070. The number of allylic oxidation sites excluding steroid dienone is 2. The van der Waals surface area contributed by atoms with Crippen molar-refractivity contribution in [1.29, 1.82) is 0 Å². The van der Waals surface area contributed by atoms with Gasteiger partial charge in [-0.05, 0) is 57.7 Å². The van der Waals surface area contributed by atoms with E-state index in [2.05, 4.69) is 0 Å². The van der Waals surface area contributed by atoms with Gasteiger partial charge in [-0.3, -0.25) is 0 Å². The Kier molecular flexibility index (Phi) is 12.4. The lowest BCUT2D eigenvalue weighted by atomic mass is 10.1. The molecule has 0 amide bonds. The van der Waals surface area contributed by atoms with E-state index in [9.17, 15) is 52.3 Å². The molecule has 20 heteroatoms. The normalized spacial score (nSPS) is 15.3. The number of anilines is 2. The van der Waals surface area contributed by atoms with Crippen LogP contribution in [-0.2, 0) is 45.7 Å². The minimum Gasteiger partial charge on any atom is -0.748 e. The molecular weight excluding hydrogens is 773 g/mol. The smallest absolute Gasteiger partial charge is 0.418 e. The molecule has 4 rings (SSSR count). The Morgan fingerprint density at radius 1 is 0.765 bits per heavy atom. The molecule has 51 heavy (non-hydrogen) atoms. The minimum absolute atomic E-state index is 0.0220. The van der Waals surface area contributed by atoms with Crippen LogP contribution in [0, 0.1) is 0 Å². The van der Waals surface area contributed by atoms with Gasteiger partial charge < -0.3 is 18.9 Å². The number of hydrogen-bond donors (Lipinski definition) is 0. The zero-order chi connectivity index (χ0) is 38.1. The molecule has 0 atom stereocenters. The van der Waals surface area contributed by atoms with Crippen molar-refractivity contribution >= 4 is 71.9 Å². The van der Waals surface area contributed by atoms with Gasteiger partial charge in [-0.15, -0.1) is 0 Å². The number of nitrogens with zero attached hydrogens (tertiary/aromatic N) is 4. The molecular formula is C31H33Cl2F6N4O6S2-. The van der Waals surface area contributed by atoms with Crippen LogP contribution in [-0.4, -0.2) is 55.1 Å². The fourth-order valence-electron chi connectivity index (χ4n) is 6.00. The Hall–Kier alpha value is -3.03. The van der Waals surface area contributed by atoms with Crippen molar-refractivity contribution in [2.75, 3.05) is 34.4 Å². The fraction of sp³-hybridized carbons (Fsp3) is 0.452. The predicted octanol–water partition coefficient (Wildman–Crippen LogP) is 7.15. The number of unbranched alkanes of at least 4 members (excludes halogenated alkanes) is 2. The van der Waals surface area contributed by atoms with E-state index < -0.39 is 65.3 Å². The third kappa shape index (κ3) is 9.70. The summed E-state index contributed by atoms with van der Waals surface area (Å²) in [5.74, 6) is -0.585. The third-order valence-electron chi connectivity index (χ3n) is 8.18. The fourth-order valence-corrected chi connectivity index (χ4v) is 7.64. The first-order chi connectivity index (χ1) is 23.6. The summed E-state index contributed by atoms with van der Waals surface area (Å²) in [7, 11) is -9.06. The van der Waals surface area contributed by atoms with E-state index in [1.807, 2.05) is 0 Å². The molecule has 0 saturated heterocycles. The van der Waals surface area contributed by atoms with Crippen LogP contribution >= 0.6 is 23.2 Å². The van der Waals surface area contributed by atoms with Crippen molar-refractivity contribution < 1.29 is 56.9 Å². The number of aryl methyl sites for hydroxylation is 2. The van der Waals surface area contributed by atoms with Crippen molar-refractivity contribution in [3.8, 4) is 0 Å². The van der Waals surface area contributed by atoms with Gasteiger partial charge in [0, 0.05) is 42.8 Å². The first-order valence-electron chi connectivity index (χ1n) is 15.6. The molecule has 10 nitrogen and oxygen atoms in total. The molecule has 0 N–H and O–H groups in total. The molecule has 0 bridgehead atoms. The average molecular weight is 807 g/mol. The van der Waals surface area contributed by atoms with Gasteiger partial charge in [0.25, 0.3) is 5.82 Å². The van der Waals surface area contributed by atoms with Crippen molar-refractivity contribution in [2.24, 2.45) is 0 Å². The number of aromatic nitrogens is 2. The maximum absolute atomic E-state index is 13.9. The summed E-state index contributed by atoms with van der Waals surface area (Å²) in [4.78, 5) is 3.21. The molecule has 0 spiro atoms. The van der Waals surface area contributed by atoms with Crippen molar-refractivity contribution in [1.82, 2.24) is 4.57 Å². The molecule has 0 fully saturated rings. The number of benzene rings is 2. The first kappa shape index (κ1) is 40.7. The van der Waals surface area contributed by atoms with Crippen LogP contribution in [0.15, 0.2) is 42.2 Å². The van der Waals surface area contributed by atoms with Gasteiger partial charge in [-0.2, -0.15) is 26.3 Å². The highest BCUT2D eigenvalue weighted by molar-refractivity contribution is 7.85. The van der Waals surface area contributed by atoms with E-state index in [-0.39, 0.29) is 63.1 Å². The number of rotatable bonds is 14. The molecule has 3 aromatic rings. The summed E-state index contributed by atoms with van der Waals surface area (Å²) >= 11 is 12.1.